The van der Waals surface area contributed by atoms with Gasteiger partial charge in [-0.05, 0) is 17.3 Å². The number of benzene rings is 1. The molecule has 0 aliphatic rings. The SMILES string of the molecule is C=C(N=O)c1c(F)cccc1N/N=C\C=N. The molecule has 0 aliphatic heterocycles. The lowest BCUT2D eigenvalue weighted by Crippen LogP contribution is -1.97. The summed E-state index contributed by atoms with van der Waals surface area (Å²) in [5, 5.41) is 12.9. The van der Waals surface area contributed by atoms with Crippen LogP contribution >= 0.6 is 0 Å². The second kappa shape index (κ2) is 5.50. The number of halogens is 1. The molecule has 1 aromatic carbocycles. The van der Waals surface area contributed by atoms with Crippen molar-refractivity contribution >= 4 is 23.8 Å². The van der Waals surface area contributed by atoms with Gasteiger partial charge >= 0.3 is 0 Å². The van der Waals surface area contributed by atoms with E-state index in [1.807, 2.05) is 0 Å². The number of rotatable bonds is 5. The number of hydrazone groups is 1. The van der Waals surface area contributed by atoms with Gasteiger partial charge in [0.15, 0.2) is 0 Å². The Bertz CT molecular complexity index is 456. The summed E-state index contributed by atoms with van der Waals surface area (Å²) >= 11 is 0. The first-order chi connectivity index (χ1) is 7.70. The van der Waals surface area contributed by atoms with Crippen molar-refractivity contribution in [3.05, 3.63) is 41.1 Å². The minimum Gasteiger partial charge on any atom is -0.307 e. The van der Waals surface area contributed by atoms with Crippen molar-refractivity contribution in [2.45, 2.75) is 0 Å². The highest BCUT2D eigenvalue weighted by molar-refractivity contribution is 6.14. The van der Waals surface area contributed by atoms with E-state index in [0.29, 0.717) is 0 Å². The monoisotopic (exact) mass is 220 g/mol. The Morgan fingerprint density at radius 2 is 2.31 bits per heavy atom. The van der Waals surface area contributed by atoms with Crippen LogP contribution in [-0.4, -0.2) is 12.4 Å². The molecule has 16 heavy (non-hydrogen) atoms. The Hall–Kier alpha value is -2.37. The maximum absolute atomic E-state index is 13.4. The Labute approximate surface area is 91.2 Å². The van der Waals surface area contributed by atoms with Crippen molar-refractivity contribution in [1.82, 2.24) is 0 Å². The molecule has 1 rings (SSSR count). The minimum atomic E-state index is -0.611. The van der Waals surface area contributed by atoms with E-state index in [2.05, 4.69) is 22.3 Å². The van der Waals surface area contributed by atoms with Crippen LogP contribution in [0.3, 0.4) is 0 Å². The van der Waals surface area contributed by atoms with Crippen LogP contribution in [0, 0.1) is 16.1 Å². The lowest BCUT2D eigenvalue weighted by Gasteiger charge is -2.07. The van der Waals surface area contributed by atoms with Gasteiger partial charge in [-0.15, -0.1) is 4.91 Å². The van der Waals surface area contributed by atoms with Gasteiger partial charge in [-0.25, -0.2) is 4.39 Å². The van der Waals surface area contributed by atoms with Gasteiger partial charge in [-0.3, -0.25) is 5.43 Å². The van der Waals surface area contributed by atoms with Crippen LogP contribution < -0.4 is 5.43 Å². The van der Waals surface area contributed by atoms with E-state index < -0.39 is 5.82 Å². The molecule has 0 unspecified atom stereocenters. The zero-order chi connectivity index (χ0) is 12.0. The van der Waals surface area contributed by atoms with Gasteiger partial charge in [-0.2, -0.15) is 5.10 Å². The Morgan fingerprint density at radius 1 is 1.56 bits per heavy atom. The number of hydrogen-bond acceptors (Lipinski definition) is 5. The Kier molecular flexibility index (Phi) is 4.02. The van der Waals surface area contributed by atoms with E-state index in [9.17, 15) is 9.30 Å². The minimum absolute atomic E-state index is 0.0281. The van der Waals surface area contributed by atoms with Gasteiger partial charge in [0.1, 0.15) is 11.5 Å². The maximum atomic E-state index is 13.4. The largest absolute Gasteiger partial charge is 0.307 e. The normalized spacial score (nSPS) is 10.1. The van der Waals surface area contributed by atoms with Crippen LogP contribution in [-0.2, 0) is 0 Å². The van der Waals surface area contributed by atoms with Gasteiger partial charge in [0.25, 0.3) is 0 Å². The van der Waals surface area contributed by atoms with Crippen molar-refractivity contribution in [2.24, 2.45) is 10.3 Å². The molecule has 0 aliphatic carbocycles. The third-order valence-electron chi connectivity index (χ3n) is 1.75. The molecule has 0 amide bonds. The van der Waals surface area contributed by atoms with Gasteiger partial charge in [0.2, 0.25) is 0 Å². The molecule has 0 heterocycles. The summed E-state index contributed by atoms with van der Waals surface area (Å²) in [5.74, 6) is -0.611. The standard InChI is InChI=1S/C10H9FN4O/c1-7(15-16)10-8(11)3-2-4-9(10)14-13-6-5-12/h2-6,12,14H,1H2/b12-5?,13-6-. The zero-order valence-electron chi connectivity index (χ0n) is 8.27. The van der Waals surface area contributed by atoms with Gasteiger partial charge in [-0.1, -0.05) is 12.6 Å². The van der Waals surface area contributed by atoms with Crippen molar-refractivity contribution in [1.29, 1.82) is 5.41 Å². The number of nitrogens with zero attached hydrogens (tertiary/aromatic N) is 2. The number of anilines is 1. The molecule has 0 fully saturated rings. The molecular formula is C10H9FN4O. The summed E-state index contributed by atoms with van der Waals surface area (Å²) in [5.41, 5.74) is 2.51. The predicted molar refractivity (Wildman–Crippen MR) is 62.1 cm³/mol. The molecule has 82 valence electrons. The lowest BCUT2D eigenvalue weighted by molar-refractivity contribution is 0.624. The number of hydrogen-bond donors (Lipinski definition) is 2. The van der Waals surface area contributed by atoms with E-state index in [4.69, 9.17) is 5.41 Å². The Balaban J connectivity index is 3.12. The van der Waals surface area contributed by atoms with Crippen molar-refractivity contribution < 1.29 is 4.39 Å². The summed E-state index contributed by atoms with van der Waals surface area (Å²) in [6.45, 7) is 3.34. The number of nitrogens with one attached hydrogen (secondary N) is 2. The highest BCUT2D eigenvalue weighted by atomic mass is 19.1. The Morgan fingerprint density at radius 3 is 2.94 bits per heavy atom. The van der Waals surface area contributed by atoms with Crippen LogP contribution in [0.25, 0.3) is 5.70 Å². The molecular weight excluding hydrogens is 211 g/mol. The molecule has 6 heteroatoms. The van der Waals surface area contributed by atoms with Crippen molar-refractivity contribution in [3.63, 3.8) is 0 Å². The average Bonchev–Trinajstić information content (AvgIpc) is 2.29. The maximum Gasteiger partial charge on any atom is 0.134 e. The first kappa shape index (κ1) is 11.7. The highest BCUT2D eigenvalue weighted by Crippen LogP contribution is 2.26. The fraction of sp³-hybridized carbons (Fsp3) is 0. The van der Waals surface area contributed by atoms with Crippen LogP contribution in [0.4, 0.5) is 10.1 Å². The van der Waals surface area contributed by atoms with Crippen LogP contribution in [0.1, 0.15) is 5.56 Å². The molecule has 0 atom stereocenters. The third-order valence-corrected chi connectivity index (χ3v) is 1.75. The second-order valence-corrected chi connectivity index (χ2v) is 2.76. The van der Waals surface area contributed by atoms with E-state index in [1.165, 1.54) is 24.4 Å². The zero-order valence-corrected chi connectivity index (χ0v) is 8.27. The molecule has 1 aromatic rings. The van der Waals surface area contributed by atoms with E-state index in [-0.39, 0.29) is 16.9 Å². The quantitative estimate of drug-likeness (QED) is 0.454. The fourth-order valence-electron chi connectivity index (χ4n) is 1.10. The van der Waals surface area contributed by atoms with Crippen molar-refractivity contribution in [3.8, 4) is 0 Å². The summed E-state index contributed by atoms with van der Waals surface area (Å²) < 4.78 is 13.4. The molecule has 2 N–H and O–H groups in total. The summed E-state index contributed by atoms with van der Waals surface area (Å²) in [4.78, 5) is 10.3. The van der Waals surface area contributed by atoms with E-state index >= 15 is 0 Å². The number of nitroso groups, excluding NO2 is 1. The molecule has 0 radical (unpaired) electrons. The third kappa shape index (κ3) is 2.57. The topological polar surface area (TPSA) is 77.7 Å². The van der Waals surface area contributed by atoms with Crippen LogP contribution in [0.2, 0.25) is 0 Å². The first-order valence-electron chi connectivity index (χ1n) is 4.30. The molecule has 0 spiro atoms. The lowest BCUT2D eigenvalue weighted by atomic mass is 10.1. The molecule has 0 aromatic heterocycles. The summed E-state index contributed by atoms with van der Waals surface area (Å²) in [7, 11) is 0. The summed E-state index contributed by atoms with van der Waals surface area (Å²) in [6, 6.07) is 4.17. The van der Waals surface area contributed by atoms with Crippen LogP contribution in [0.15, 0.2) is 35.1 Å². The smallest absolute Gasteiger partial charge is 0.134 e. The molecule has 0 bridgehead atoms. The second-order valence-electron chi connectivity index (χ2n) is 2.76. The summed E-state index contributed by atoms with van der Waals surface area (Å²) in [6.07, 6.45) is 2.13. The first-order valence-corrected chi connectivity index (χ1v) is 4.30. The molecule has 0 saturated heterocycles. The van der Waals surface area contributed by atoms with E-state index in [1.54, 1.807) is 0 Å². The van der Waals surface area contributed by atoms with Gasteiger partial charge < -0.3 is 5.41 Å². The van der Waals surface area contributed by atoms with Gasteiger partial charge in [0, 0.05) is 6.21 Å². The van der Waals surface area contributed by atoms with Gasteiger partial charge in [0.05, 0.1) is 17.5 Å². The predicted octanol–water partition coefficient (Wildman–Crippen LogP) is 2.61. The van der Waals surface area contributed by atoms with Crippen molar-refractivity contribution in [2.75, 3.05) is 5.43 Å². The average molecular weight is 220 g/mol. The van der Waals surface area contributed by atoms with Crippen LogP contribution in [0.5, 0.6) is 0 Å². The highest BCUT2D eigenvalue weighted by Gasteiger charge is 2.11. The fourth-order valence-corrected chi connectivity index (χ4v) is 1.10. The molecule has 5 nitrogen and oxygen atoms in total. The van der Waals surface area contributed by atoms with E-state index in [0.717, 1.165) is 6.21 Å². The molecule has 0 saturated carbocycles.